The van der Waals surface area contributed by atoms with Gasteiger partial charge >= 0.3 is 7.82 Å². The summed E-state index contributed by atoms with van der Waals surface area (Å²) in [5.41, 5.74) is 5.33. The van der Waals surface area contributed by atoms with Gasteiger partial charge in [0.05, 0.1) is 25.4 Å². The molecule has 0 heterocycles. The van der Waals surface area contributed by atoms with E-state index in [4.69, 9.17) is 14.8 Å². The van der Waals surface area contributed by atoms with Crippen LogP contribution in [0.2, 0.25) is 0 Å². The summed E-state index contributed by atoms with van der Waals surface area (Å²) in [7, 11) is -4.33. The third-order valence-corrected chi connectivity index (χ3v) is 8.03. The van der Waals surface area contributed by atoms with Crippen LogP contribution in [-0.4, -0.2) is 47.8 Å². The van der Waals surface area contributed by atoms with Gasteiger partial charge in [-0.05, 0) is 39.0 Å². The van der Waals surface area contributed by atoms with Gasteiger partial charge in [0.2, 0.25) is 5.91 Å². The second-order valence-corrected chi connectivity index (χ2v) is 12.5. The Morgan fingerprint density at radius 2 is 1.31 bits per heavy atom. The molecule has 246 valence electrons. The second kappa shape index (κ2) is 29.8. The van der Waals surface area contributed by atoms with Gasteiger partial charge < -0.3 is 21.1 Å². The Labute approximate surface area is 257 Å². The van der Waals surface area contributed by atoms with Crippen molar-refractivity contribution in [3.05, 3.63) is 36.5 Å². The number of nitrogens with one attached hydrogen (secondary N) is 1. The number of rotatable bonds is 30. The first kappa shape index (κ1) is 40.7. The van der Waals surface area contributed by atoms with Crippen molar-refractivity contribution in [2.24, 2.45) is 5.73 Å². The maximum atomic E-state index is 12.6. The predicted molar refractivity (Wildman–Crippen MR) is 175 cm³/mol. The Morgan fingerprint density at radius 3 is 1.83 bits per heavy atom. The molecular weight excluding hydrogens is 551 g/mol. The zero-order chi connectivity index (χ0) is 31.2. The average molecular weight is 615 g/mol. The van der Waals surface area contributed by atoms with Crippen molar-refractivity contribution in [1.82, 2.24) is 5.32 Å². The third-order valence-electron chi connectivity index (χ3n) is 7.04. The van der Waals surface area contributed by atoms with E-state index < -0.39 is 20.0 Å². The molecule has 0 radical (unpaired) electrons. The Hall–Kier alpha value is -1.28. The fourth-order valence-corrected chi connectivity index (χ4v) is 5.28. The van der Waals surface area contributed by atoms with Gasteiger partial charge in [-0.1, -0.05) is 127 Å². The van der Waals surface area contributed by atoms with Crippen molar-refractivity contribution < 1.29 is 28.4 Å². The highest BCUT2D eigenvalue weighted by molar-refractivity contribution is 7.47. The number of phosphoric ester groups is 1. The topological polar surface area (TPSA) is 131 Å². The first-order valence-electron chi connectivity index (χ1n) is 16.6. The minimum atomic E-state index is -4.33. The fraction of sp³-hybridized carbons (Fsp3) is 0.788. The summed E-state index contributed by atoms with van der Waals surface area (Å²) in [6.45, 7) is 3.84. The van der Waals surface area contributed by atoms with E-state index in [1.54, 1.807) is 6.08 Å². The molecule has 8 nitrogen and oxygen atoms in total. The predicted octanol–water partition coefficient (Wildman–Crippen LogP) is 8.04. The largest absolute Gasteiger partial charge is 0.472 e. The molecule has 0 aromatic rings. The number of unbranched alkanes of at least 4 members (excludes halogenated alkanes) is 15. The van der Waals surface area contributed by atoms with Crippen molar-refractivity contribution in [1.29, 1.82) is 0 Å². The molecule has 0 fully saturated rings. The lowest BCUT2D eigenvalue weighted by Crippen LogP contribution is -2.45. The van der Waals surface area contributed by atoms with Crippen LogP contribution in [0.1, 0.15) is 136 Å². The van der Waals surface area contributed by atoms with Gasteiger partial charge in [-0.2, -0.15) is 0 Å². The minimum absolute atomic E-state index is 0.0718. The highest BCUT2D eigenvalue weighted by atomic mass is 31.2. The van der Waals surface area contributed by atoms with Crippen LogP contribution in [0.25, 0.3) is 0 Å². The van der Waals surface area contributed by atoms with Gasteiger partial charge in [-0.25, -0.2) is 4.57 Å². The Kier molecular flexibility index (Phi) is 28.9. The lowest BCUT2D eigenvalue weighted by Gasteiger charge is -2.23. The molecular formula is C33H63N2O6P. The molecule has 0 saturated heterocycles. The highest BCUT2D eigenvalue weighted by Crippen LogP contribution is 2.43. The van der Waals surface area contributed by atoms with Crippen molar-refractivity contribution in [3.63, 3.8) is 0 Å². The van der Waals surface area contributed by atoms with E-state index in [1.807, 2.05) is 19.1 Å². The number of carbonyl (C=O) groups excluding carboxylic acids is 1. The average Bonchev–Trinajstić information content (AvgIpc) is 2.97. The Morgan fingerprint density at radius 1 is 0.810 bits per heavy atom. The van der Waals surface area contributed by atoms with Gasteiger partial charge in [0, 0.05) is 13.0 Å². The molecule has 3 unspecified atom stereocenters. The quantitative estimate of drug-likeness (QED) is 0.0366. The summed E-state index contributed by atoms with van der Waals surface area (Å²) in [5, 5.41) is 13.5. The maximum absolute atomic E-state index is 12.6. The molecule has 0 aromatic carbocycles. The lowest BCUT2D eigenvalue weighted by molar-refractivity contribution is -0.123. The highest BCUT2D eigenvalue weighted by Gasteiger charge is 2.26. The van der Waals surface area contributed by atoms with Crippen LogP contribution >= 0.6 is 7.82 Å². The normalized spacial score (nSPS) is 15.1. The van der Waals surface area contributed by atoms with Crippen molar-refractivity contribution in [3.8, 4) is 0 Å². The molecule has 0 aliphatic heterocycles. The summed E-state index contributed by atoms with van der Waals surface area (Å²) >= 11 is 0. The van der Waals surface area contributed by atoms with Gasteiger partial charge in [0.15, 0.2) is 0 Å². The second-order valence-electron chi connectivity index (χ2n) is 11.0. The number of hydrogen-bond donors (Lipinski definition) is 4. The SMILES string of the molecule is C/C=C/CC/C=C/CC/C=C/C(O)C(COP(=O)(O)OCCN)NC(=O)CCCCCCCCCCCCCCCC. The molecule has 0 saturated carbocycles. The first-order chi connectivity index (χ1) is 20.4. The van der Waals surface area contributed by atoms with Crippen molar-refractivity contribution in [2.45, 2.75) is 148 Å². The van der Waals surface area contributed by atoms with Gasteiger partial charge in [0.1, 0.15) is 0 Å². The van der Waals surface area contributed by atoms with E-state index in [9.17, 15) is 19.4 Å². The summed E-state index contributed by atoms with van der Waals surface area (Å²) in [6.07, 6.45) is 32.1. The smallest absolute Gasteiger partial charge is 0.387 e. The van der Waals surface area contributed by atoms with E-state index in [1.165, 1.54) is 70.6 Å². The van der Waals surface area contributed by atoms with Gasteiger partial charge in [-0.15, -0.1) is 0 Å². The zero-order valence-electron chi connectivity index (χ0n) is 26.7. The number of aliphatic hydroxyl groups excluding tert-OH is 1. The summed E-state index contributed by atoms with van der Waals surface area (Å²) in [4.78, 5) is 22.4. The van der Waals surface area contributed by atoms with Gasteiger partial charge in [0.25, 0.3) is 0 Å². The molecule has 0 bridgehead atoms. The van der Waals surface area contributed by atoms with E-state index in [0.717, 1.165) is 44.9 Å². The minimum Gasteiger partial charge on any atom is -0.387 e. The molecule has 0 rings (SSSR count). The molecule has 0 aliphatic rings. The molecule has 42 heavy (non-hydrogen) atoms. The van der Waals surface area contributed by atoms with E-state index in [-0.39, 0.29) is 25.7 Å². The van der Waals surface area contributed by atoms with E-state index in [0.29, 0.717) is 6.42 Å². The lowest BCUT2D eigenvalue weighted by atomic mass is 10.0. The number of phosphoric acid groups is 1. The molecule has 0 spiro atoms. The van der Waals surface area contributed by atoms with Crippen LogP contribution in [0.5, 0.6) is 0 Å². The third kappa shape index (κ3) is 27.5. The maximum Gasteiger partial charge on any atom is 0.472 e. The monoisotopic (exact) mass is 614 g/mol. The molecule has 5 N–H and O–H groups in total. The Balaban J connectivity index is 4.37. The molecule has 0 aliphatic carbocycles. The summed E-state index contributed by atoms with van der Waals surface area (Å²) < 4.78 is 21.9. The number of amides is 1. The van der Waals surface area contributed by atoms with Gasteiger partial charge in [-0.3, -0.25) is 13.8 Å². The van der Waals surface area contributed by atoms with Crippen LogP contribution in [0.15, 0.2) is 36.5 Å². The van der Waals surface area contributed by atoms with Crippen LogP contribution in [0, 0.1) is 0 Å². The first-order valence-corrected chi connectivity index (χ1v) is 18.1. The standard InChI is InChI=1S/C33H63N2O6P/c1-3-5-7-9-11-13-14-15-16-17-19-21-23-25-27-33(37)35-31(30-41-42(38,39)40-29-28-34)32(36)26-24-22-20-18-12-10-8-6-4-2/h4,6,12,18,24,26,31-32,36H,3,5,7-11,13-17,19-23,25,27-30,34H2,1-2H3,(H,35,37)(H,38,39)/b6-4+,18-12+,26-24+. The van der Waals surface area contributed by atoms with Crippen LogP contribution in [-0.2, 0) is 18.4 Å². The number of hydrogen-bond acceptors (Lipinski definition) is 6. The molecule has 0 aromatic heterocycles. The zero-order valence-corrected chi connectivity index (χ0v) is 27.6. The van der Waals surface area contributed by atoms with Crippen LogP contribution in [0.4, 0.5) is 0 Å². The molecule has 1 amide bonds. The van der Waals surface area contributed by atoms with E-state index >= 15 is 0 Å². The number of allylic oxidation sites excluding steroid dienone is 5. The van der Waals surface area contributed by atoms with Crippen LogP contribution in [0.3, 0.4) is 0 Å². The fourth-order valence-electron chi connectivity index (χ4n) is 4.52. The number of nitrogens with two attached hydrogens (primary N) is 1. The van der Waals surface area contributed by atoms with Crippen molar-refractivity contribution >= 4 is 13.7 Å². The molecule has 9 heteroatoms. The Bertz CT molecular complexity index is 759. The summed E-state index contributed by atoms with van der Waals surface area (Å²) in [6, 6.07) is -0.876. The number of carbonyl (C=O) groups is 1. The number of aliphatic hydroxyl groups is 1. The summed E-state index contributed by atoms with van der Waals surface area (Å²) in [5.74, 6) is -0.213. The van der Waals surface area contributed by atoms with Crippen molar-refractivity contribution in [2.75, 3.05) is 19.8 Å². The van der Waals surface area contributed by atoms with E-state index in [2.05, 4.69) is 30.5 Å². The molecule has 3 atom stereocenters. The van der Waals surface area contributed by atoms with Crippen LogP contribution < -0.4 is 11.1 Å².